The largest absolute Gasteiger partial charge is 0.487 e. The number of ether oxygens (including phenoxy) is 1. The lowest BCUT2D eigenvalue weighted by molar-refractivity contribution is -0.167. The minimum Gasteiger partial charge on any atom is -0.487 e. The van der Waals surface area contributed by atoms with Crippen molar-refractivity contribution < 1.29 is 29.3 Å². The first-order chi connectivity index (χ1) is 18.5. The summed E-state index contributed by atoms with van der Waals surface area (Å²) in [5, 5.41) is 22.4. The molecule has 1 aromatic carbocycles. The molecule has 6 heteroatoms. The first-order valence-electron chi connectivity index (χ1n) is 14.3. The number of ketones is 3. The normalized spacial score (nSPS) is 33.3. The number of benzene rings is 1. The summed E-state index contributed by atoms with van der Waals surface area (Å²) < 4.78 is 6.34. The monoisotopic (exact) mass is 548 g/mol. The van der Waals surface area contributed by atoms with Gasteiger partial charge in [0.2, 0.25) is 0 Å². The third-order valence-corrected chi connectivity index (χ3v) is 9.51. The van der Waals surface area contributed by atoms with Crippen molar-refractivity contribution in [3.63, 3.8) is 0 Å². The lowest BCUT2D eigenvalue weighted by Crippen LogP contribution is -2.68. The third-order valence-electron chi connectivity index (χ3n) is 9.51. The van der Waals surface area contributed by atoms with Crippen molar-refractivity contribution in [3.8, 4) is 0 Å². The van der Waals surface area contributed by atoms with E-state index in [4.69, 9.17) is 4.74 Å². The van der Waals surface area contributed by atoms with Gasteiger partial charge in [0.25, 0.3) is 0 Å². The molecule has 0 amide bonds. The van der Waals surface area contributed by atoms with E-state index >= 15 is 0 Å². The van der Waals surface area contributed by atoms with E-state index in [1.165, 1.54) is 13.8 Å². The number of aliphatic hydroxyl groups is 2. The van der Waals surface area contributed by atoms with Crippen LogP contribution < -0.4 is 0 Å². The Morgan fingerprint density at radius 1 is 1.05 bits per heavy atom. The summed E-state index contributed by atoms with van der Waals surface area (Å²) in [5.41, 5.74) is -3.29. The average Bonchev–Trinajstić information content (AvgIpc) is 3.22. The fourth-order valence-corrected chi connectivity index (χ4v) is 7.29. The molecule has 1 aromatic rings. The van der Waals surface area contributed by atoms with E-state index in [1.54, 1.807) is 31.2 Å². The molecule has 2 aliphatic carbocycles. The Bertz CT molecular complexity index is 1300. The van der Waals surface area contributed by atoms with Gasteiger partial charge in [0, 0.05) is 5.56 Å². The van der Waals surface area contributed by atoms with Crippen LogP contribution in [0.1, 0.15) is 91.4 Å². The maximum atomic E-state index is 15.0. The summed E-state index contributed by atoms with van der Waals surface area (Å²) in [4.78, 5) is 44.1. The fraction of sp³-hybridized carbons (Fsp3) is 0.559. The van der Waals surface area contributed by atoms with Gasteiger partial charge in [-0.15, -0.1) is 0 Å². The number of rotatable bonds is 8. The zero-order valence-electron chi connectivity index (χ0n) is 25.1. The Balaban J connectivity index is 2.11. The smallest absolute Gasteiger partial charge is 0.184 e. The summed E-state index contributed by atoms with van der Waals surface area (Å²) in [6, 6.07) is 8.69. The molecular formula is C34H44O6. The maximum absolute atomic E-state index is 15.0. The van der Waals surface area contributed by atoms with Crippen molar-refractivity contribution in [2.45, 2.75) is 98.9 Å². The van der Waals surface area contributed by atoms with Gasteiger partial charge in [0.15, 0.2) is 28.9 Å². The van der Waals surface area contributed by atoms with Gasteiger partial charge in [0.05, 0.1) is 16.6 Å². The Morgan fingerprint density at radius 3 is 2.20 bits per heavy atom. The lowest BCUT2D eigenvalue weighted by atomic mass is 9.39. The Labute approximate surface area is 238 Å². The number of fused-ring (bicyclic) bond motifs is 3. The summed E-state index contributed by atoms with van der Waals surface area (Å²) >= 11 is 0. The molecule has 0 radical (unpaired) electrons. The Morgan fingerprint density at radius 2 is 1.65 bits per heavy atom. The number of hydrogen-bond donors (Lipinski definition) is 2. The van der Waals surface area contributed by atoms with E-state index in [2.05, 4.69) is 12.2 Å². The van der Waals surface area contributed by atoms with Crippen LogP contribution in [0, 0.1) is 22.2 Å². The predicted molar refractivity (Wildman–Crippen MR) is 154 cm³/mol. The van der Waals surface area contributed by atoms with Gasteiger partial charge in [-0.3, -0.25) is 14.4 Å². The highest BCUT2D eigenvalue weighted by Gasteiger charge is 2.77. The van der Waals surface area contributed by atoms with Crippen LogP contribution in [-0.4, -0.2) is 45.4 Å². The van der Waals surface area contributed by atoms with Crippen molar-refractivity contribution in [3.05, 3.63) is 70.5 Å². The van der Waals surface area contributed by atoms with Gasteiger partial charge in [-0.25, -0.2) is 0 Å². The number of hydrogen-bond acceptors (Lipinski definition) is 6. The van der Waals surface area contributed by atoms with Crippen LogP contribution in [0.3, 0.4) is 0 Å². The van der Waals surface area contributed by atoms with Crippen LogP contribution >= 0.6 is 0 Å². The van der Waals surface area contributed by atoms with E-state index in [0.29, 0.717) is 24.8 Å². The molecule has 1 aliphatic heterocycles. The van der Waals surface area contributed by atoms with Crippen LogP contribution in [0.15, 0.2) is 65.0 Å². The summed E-state index contributed by atoms with van der Waals surface area (Å²) in [5.74, 6) is -1.65. The van der Waals surface area contributed by atoms with Crippen LogP contribution in [0.25, 0.3) is 0 Å². The molecule has 1 saturated carbocycles. The zero-order chi connectivity index (χ0) is 29.8. The second kappa shape index (κ2) is 10.2. The Hall–Kier alpha value is -2.83. The molecule has 0 aromatic heterocycles. The number of allylic oxidation sites excluding steroid dienone is 5. The molecule has 3 aliphatic rings. The molecule has 216 valence electrons. The molecule has 6 atom stereocenters. The van der Waals surface area contributed by atoms with Crippen molar-refractivity contribution >= 4 is 17.3 Å². The van der Waals surface area contributed by atoms with E-state index < -0.39 is 51.4 Å². The average molecular weight is 549 g/mol. The van der Waals surface area contributed by atoms with Crippen LogP contribution in [0.5, 0.6) is 0 Å². The minimum atomic E-state index is -1.85. The third kappa shape index (κ3) is 4.35. The van der Waals surface area contributed by atoms with Gasteiger partial charge in [-0.05, 0) is 85.5 Å². The zero-order valence-corrected chi connectivity index (χ0v) is 25.1. The van der Waals surface area contributed by atoms with Crippen LogP contribution in [0.2, 0.25) is 0 Å². The van der Waals surface area contributed by atoms with Crippen LogP contribution in [0.4, 0.5) is 0 Å². The van der Waals surface area contributed by atoms with Gasteiger partial charge >= 0.3 is 0 Å². The van der Waals surface area contributed by atoms with Crippen LogP contribution in [-0.2, 0) is 14.3 Å². The van der Waals surface area contributed by atoms with Gasteiger partial charge in [-0.2, -0.15) is 0 Å². The summed E-state index contributed by atoms with van der Waals surface area (Å²) in [7, 11) is 0. The fourth-order valence-electron chi connectivity index (χ4n) is 7.29. The highest BCUT2D eigenvalue weighted by molar-refractivity contribution is 6.30. The lowest BCUT2D eigenvalue weighted by Gasteiger charge is -2.60. The molecule has 2 N–H and O–H groups in total. The second-order valence-electron chi connectivity index (χ2n) is 13.5. The predicted octanol–water partition coefficient (Wildman–Crippen LogP) is 5.93. The topological polar surface area (TPSA) is 101 Å². The quantitative estimate of drug-likeness (QED) is 0.237. The molecule has 2 bridgehead atoms. The maximum Gasteiger partial charge on any atom is 0.184 e. The van der Waals surface area contributed by atoms with Gasteiger partial charge in [-0.1, -0.05) is 60.6 Å². The summed E-state index contributed by atoms with van der Waals surface area (Å²) in [6.45, 7) is 14.7. The molecular weight excluding hydrogens is 504 g/mol. The molecule has 1 fully saturated rings. The highest BCUT2D eigenvalue weighted by atomic mass is 16.5. The standard InChI is InChI=1S/C34H44O6/c1-20(2)13-12-18-33(8)23(17-16-21(3)4)19-32(7)27(37)24-25(35)29(31(5,6)39)40-28(24)34(33,30(32)38)26(36)22-14-10-9-11-15-22/h9-11,13-16,23,25,29,35,39H,12,17-19H2,1-8H3/t23-,25-,29+,32+,33+,34-/m0/s1. The Kier molecular flexibility index (Phi) is 7.70. The SMILES string of the molecule is CC(C)=CCC[C@]1(C)[C@@H](CC=C(C)C)C[C@]2(C)C(=O)C3=C(O[C@@H](C(C)(C)O)[C@H]3O)[C@@]1(C(=O)c1ccccc1)C2=O. The number of Topliss-reactive ketones (excluding diaryl/α,β-unsaturated/α-hetero) is 3. The second-order valence-corrected chi connectivity index (χ2v) is 13.5. The summed E-state index contributed by atoms with van der Waals surface area (Å²) in [6.07, 6.45) is 3.54. The van der Waals surface area contributed by atoms with E-state index in [1.807, 2.05) is 40.7 Å². The molecule has 1 heterocycles. The number of carbonyl (C=O) groups is 3. The minimum absolute atomic E-state index is 0.0346. The molecule has 0 saturated heterocycles. The number of carbonyl (C=O) groups excluding carboxylic acids is 3. The van der Waals surface area contributed by atoms with Crippen molar-refractivity contribution in [2.24, 2.45) is 22.2 Å². The van der Waals surface area contributed by atoms with E-state index in [-0.39, 0.29) is 23.7 Å². The van der Waals surface area contributed by atoms with Crippen molar-refractivity contribution in [1.82, 2.24) is 0 Å². The molecule has 6 nitrogen and oxygen atoms in total. The molecule has 0 unspecified atom stereocenters. The highest BCUT2D eigenvalue weighted by Crippen LogP contribution is 2.69. The molecule has 0 spiro atoms. The molecule has 40 heavy (non-hydrogen) atoms. The van der Waals surface area contributed by atoms with E-state index in [0.717, 1.165) is 11.1 Å². The first-order valence-corrected chi connectivity index (χ1v) is 14.3. The number of aliphatic hydroxyl groups excluding tert-OH is 1. The van der Waals surface area contributed by atoms with Crippen molar-refractivity contribution in [2.75, 3.05) is 0 Å². The van der Waals surface area contributed by atoms with Gasteiger partial charge < -0.3 is 14.9 Å². The van der Waals surface area contributed by atoms with E-state index in [9.17, 15) is 24.6 Å². The molecule has 4 rings (SSSR count). The van der Waals surface area contributed by atoms with Crippen molar-refractivity contribution in [1.29, 1.82) is 0 Å². The van der Waals surface area contributed by atoms with Gasteiger partial charge in [0.1, 0.15) is 11.9 Å². The first kappa shape index (κ1) is 30.1.